The lowest BCUT2D eigenvalue weighted by Crippen LogP contribution is -1.92. The summed E-state index contributed by atoms with van der Waals surface area (Å²) < 4.78 is 5.87. The van der Waals surface area contributed by atoms with Crippen LogP contribution in [0.2, 0.25) is 0 Å². The van der Waals surface area contributed by atoms with Crippen molar-refractivity contribution in [2.24, 2.45) is 0 Å². The van der Waals surface area contributed by atoms with Crippen LogP contribution in [0.15, 0.2) is 47.7 Å². The van der Waals surface area contributed by atoms with E-state index in [0.29, 0.717) is 0 Å². The first kappa shape index (κ1) is 11.5. The van der Waals surface area contributed by atoms with Gasteiger partial charge in [-0.3, -0.25) is 0 Å². The molecule has 1 aromatic carbocycles. The monoisotopic (exact) mass is 225 g/mol. The number of hydrogen-bond acceptors (Lipinski definition) is 2. The SMILES string of the molecule is C/C=C(\OC1=C(C#N)CCC1)c1ccccc1. The molecule has 0 atom stereocenters. The van der Waals surface area contributed by atoms with Gasteiger partial charge in [-0.25, -0.2) is 0 Å². The Morgan fingerprint density at radius 3 is 2.71 bits per heavy atom. The van der Waals surface area contributed by atoms with Gasteiger partial charge in [-0.15, -0.1) is 0 Å². The molecule has 0 aliphatic heterocycles. The van der Waals surface area contributed by atoms with Gasteiger partial charge < -0.3 is 4.74 Å². The van der Waals surface area contributed by atoms with Crippen molar-refractivity contribution in [1.82, 2.24) is 0 Å². The topological polar surface area (TPSA) is 33.0 Å². The predicted molar refractivity (Wildman–Crippen MR) is 67.7 cm³/mol. The molecule has 0 spiro atoms. The summed E-state index contributed by atoms with van der Waals surface area (Å²) in [5.41, 5.74) is 1.84. The Bertz CT molecular complexity index is 491. The first-order valence-electron chi connectivity index (χ1n) is 5.87. The lowest BCUT2D eigenvalue weighted by atomic mass is 10.2. The molecule has 0 saturated carbocycles. The lowest BCUT2D eigenvalue weighted by Gasteiger charge is -2.11. The van der Waals surface area contributed by atoms with E-state index in [1.165, 1.54) is 0 Å². The van der Waals surface area contributed by atoms with Crippen molar-refractivity contribution in [3.63, 3.8) is 0 Å². The maximum Gasteiger partial charge on any atom is 0.129 e. The summed E-state index contributed by atoms with van der Waals surface area (Å²) in [6, 6.07) is 12.2. The van der Waals surface area contributed by atoms with Gasteiger partial charge in [0.1, 0.15) is 11.5 Å². The molecule has 0 heterocycles. The molecule has 2 heteroatoms. The van der Waals surface area contributed by atoms with Crippen LogP contribution in [0, 0.1) is 11.3 Å². The van der Waals surface area contributed by atoms with Crippen LogP contribution in [0.4, 0.5) is 0 Å². The van der Waals surface area contributed by atoms with Gasteiger partial charge in [-0.1, -0.05) is 30.3 Å². The van der Waals surface area contributed by atoms with E-state index in [9.17, 15) is 0 Å². The Kier molecular flexibility index (Phi) is 3.62. The van der Waals surface area contributed by atoms with Gasteiger partial charge in [-0.05, 0) is 25.8 Å². The van der Waals surface area contributed by atoms with Crippen molar-refractivity contribution in [3.8, 4) is 6.07 Å². The molecule has 0 fully saturated rings. The second-order valence-electron chi connectivity index (χ2n) is 3.99. The van der Waals surface area contributed by atoms with Gasteiger partial charge in [0, 0.05) is 12.0 Å². The largest absolute Gasteiger partial charge is 0.460 e. The molecule has 1 aromatic rings. The molecule has 0 amide bonds. The maximum absolute atomic E-state index is 8.99. The minimum Gasteiger partial charge on any atom is -0.460 e. The summed E-state index contributed by atoms with van der Waals surface area (Å²) in [4.78, 5) is 0. The van der Waals surface area contributed by atoms with Crippen molar-refractivity contribution in [2.75, 3.05) is 0 Å². The molecule has 0 N–H and O–H groups in total. The van der Waals surface area contributed by atoms with Gasteiger partial charge in [0.05, 0.1) is 11.6 Å². The summed E-state index contributed by atoms with van der Waals surface area (Å²) in [7, 11) is 0. The average Bonchev–Trinajstić information content (AvgIpc) is 2.84. The quantitative estimate of drug-likeness (QED) is 0.728. The third-order valence-corrected chi connectivity index (χ3v) is 2.86. The molecule has 1 aliphatic carbocycles. The van der Waals surface area contributed by atoms with E-state index < -0.39 is 0 Å². The first-order chi connectivity index (χ1) is 8.35. The van der Waals surface area contributed by atoms with Crippen LogP contribution in [0.5, 0.6) is 0 Å². The fourth-order valence-corrected chi connectivity index (χ4v) is 1.97. The molecular weight excluding hydrogens is 210 g/mol. The van der Waals surface area contributed by atoms with Crippen LogP contribution in [0.1, 0.15) is 31.7 Å². The Hall–Kier alpha value is -2.01. The van der Waals surface area contributed by atoms with Gasteiger partial charge in [0.2, 0.25) is 0 Å². The van der Waals surface area contributed by atoms with Gasteiger partial charge in [0.15, 0.2) is 0 Å². The van der Waals surface area contributed by atoms with E-state index in [4.69, 9.17) is 10.00 Å². The van der Waals surface area contributed by atoms with Crippen molar-refractivity contribution >= 4 is 5.76 Å². The summed E-state index contributed by atoms with van der Waals surface area (Å²) in [5.74, 6) is 1.67. The standard InChI is InChI=1S/C15H15NO/c1-2-14(12-7-4-3-5-8-12)17-15-10-6-9-13(15)11-16/h2-5,7-8H,6,9-10H2,1H3/b14-2-. The minimum absolute atomic E-state index is 0.792. The number of ether oxygens (including phenoxy) is 1. The Labute approximate surface area is 102 Å². The Morgan fingerprint density at radius 1 is 1.29 bits per heavy atom. The number of nitrogens with zero attached hydrogens (tertiary/aromatic N) is 1. The minimum atomic E-state index is 0.792. The van der Waals surface area contributed by atoms with Crippen molar-refractivity contribution in [1.29, 1.82) is 5.26 Å². The fraction of sp³-hybridized carbons (Fsp3) is 0.267. The van der Waals surface area contributed by atoms with Crippen LogP contribution in [-0.4, -0.2) is 0 Å². The molecule has 0 radical (unpaired) electrons. The van der Waals surface area contributed by atoms with Gasteiger partial charge in [0.25, 0.3) is 0 Å². The molecule has 0 aromatic heterocycles. The van der Waals surface area contributed by atoms with E-state index in [1.807, 2.05) is 43.3 Å². The summed E-state index contributed by atoms with van der Waals surface area (Å²) in [6.07, 6.45) is 4.67. The lowest BCUT2D eigenvalue weighted by molar-refractivity contribution is 0.367. The zero-order valence-corrected chi connectivity index (χ0v) is 9.94. The summed E-state index contributed by atoms with van der Waals surface area (Å²) in [5, 5.41) is 8.99. The number of hydrogen-bond donors (Lipinski definition) is 0. The molecule has 1 aliphatic rings. The van der Waals surface area contributed by atoms with E-state index >= 15 is 0 Å². The zero-order chi connectivity index (χ0) is 12.1. The second kappa shape index (κ2) is 5.36. The number of nitriles is 1. The van der Waals surface area contributed by atoms with Crippen LogP contribution in [-0.2, 0) is 4.74 Å². The van der Waals surface area contributed by atoms with Crippen LogP contribution >= 0.6 is 0 Å². The summed E-state index contributed by atoms with van der Waals surface area (Å²) in [6.45, 7) is 1.95. The zero-order valence-electron chi connectivity index (χ0n) is 9.94. The highest BCUT2D eigenvalue weighted by molar-refractivity contribution is 5.60. The highest BCUT2D eigenvalue weighted by Gasteiger charge is 2.17. The van der Waals surface area contributed by atoms with E-state index in [2.05, 4.69) is 6.07 Å². The van der Waals surface area contributed by atoms with Crippen LogP contribution in [0.25, 0.3) is 5.76 Å². The number of allylic oxidation sites excluding steroid dienone is 3. The molecular formula is C15H15NO. The number of rotatable bonds is 3. The highest BCUT2D eigenvalue weighted by Crippen LogP contribution is 2.30. The fourth-order valence-electron chi connectivity index (χ4n) is 1.97. The first-order valence-corrected chi connectivity index (χ1v) is 5.87. The smallest absolute Gasteiger partial charge is 0.129 e. The molecule has 0 saturated heterocycles. The third-order valence-electron chi connectivity index (χ3n) is 2.86. The van der Waals surface area contributed by atoms with Crippen LogP contribution < -0.4 is 0 Å². The Balaban J connectivity index is 2.21. The third kappa shape index (κ3) is 2.57. The predicted octanol–water partition coefficient (Wildman–Crippen LogP) is 4.03. The maximum atomic E-state index is 8.99. The van der Waals surface area contributed by atoms with Crippen molar-refractivity contribution in [2.45, 2.75) is 26.2 Å². The van der Waals surface area contributed by atoms with Crippen molar-refractivity contribution < 1.29 is 4.74 Å². The molecule has 0 bridgehead atoms. The molecule has 0 unspecified atom stereocenters. The van der Waals surface area contributed by atoms with Crippen molar-refractivity contribution in [3.05, 3.63) is 53.3 Å². The molecule has 2 rings (SSSR count). The van der Waals surface area contributed by atoms with Gasteiger partial charge >= 0.3 is 0 Å². The normalized spacial score (nSPS) is 15.9. The van der Waals surface area contributed by atoms with Crippen LogP contribution in [0.3, 0.4) is 0 Å². The molecule has 2 nitrogen and oxygen atoms in total. The molecule has 17 heavy (non-hydrogen) atoms. The van der Waals surface area contributed by atoms with E-state index in [0.717, 1.165) is 41.9 Å². The van der Waals surface area contributed by atoms with E-state index in [1.54, 1.807) is 0 Å². The Morgan fingerprint density at radius 2 is 2.06 bits per heavy atom. The average molecular weight is 225 g/mol. The van der Waals surface area contributed by atoms with E-state index in [-0.39, 0.29) is 0 Å². The molecule has 86 valence electrons. The number of benzene rings is 1. The van der Waals surface area contributed by atoms with Gasteiger partial charge in [-0.2, -0.15) is 5.26 Å². The highest BCUT2D eigenvalue weighted by atomic mass is 16.5. The summed E-state index contributed by atoms with van der Waals surface area (Å²) >= 11 is 0. The second-order valence-corrected chi connectivity index (χ2v) is 3.99.